The van der Waals surface area contributed by atoms with E-state index in [0.29, 0.717) is 18.7 Å². The van der Waals surface area contributed by atoms with Gasteiger partial charge in [0.1, 0.15) is 11.8 Å². The molecule has 0 spiro atoms. The van der Waals surface area contributed by atoms with E-state index in [2.05, 4.69) is 11.4 Å². The van der Waals surface area contributed by atoms with Gasteiger partial charge in [0.25, 0.3) is 5.91 Å². The third-order valence-corrected chi connectivity index (χ3v) is 4.92. The highest BCUT2D eigenvalue weighted by atomic mass is 16.5. The molecule has 0 saturated carbocycles. The summed E-state index contributed by atoms with van der Waals surface area (Å²) in [6.07, 6.45) is 0.517. The zero-order valence-corrected chi connectivity index (χ0v) is 19.9. The number of hydrogen-bond donors (Lipinski definition) is 1. The molecule has 1 N–H and O–H groups in total. The fraction of sp³-hybridized carbons (Fsp3) is 0.462. The standard InChI is InChI=1S/C26H36N2O3/c1-8-23(25(30)27-26(5,6)7)28(16-21-11-9-18(2)10-12-21)24(29)17-31-22-14-19(3)13-20(4)15-22/h9-15,23H,8,16-17H2,1-7H3,(H,27,30)/t23-/m1/s1. The molecule has 0 radical (unpaired) electrons. The van der Waals surface area contributed by atoms with Crippen molar-refractivity contribution in [2.24, 2.45) is 0 Å². The second-order valence-corrected chi connectivity index (χ2v) is 9.28. The monoisotopic (exact) mass is 424 g/mol. The third kappa shape index (κ3) is 7.74. The molecule has 0 unspecified atom stereocenters. The Balaban J connectivity index is 2.24. The van der Waals surface area contributed by atoms with Gasteiger partial charge >= 0.3 is 0 Å². The summed E-state index contributed by atoms with van der Waals surface area (Å²) in [5.74, 6) is 0.297. The molecule has 0 fully saturated rings. The van der Waals surface area contributed by atoms with Crippen LogP contribution < -0.4 is 10.1 Å². The van der Waals surface area contributed by atoms with E-state index >= 15 is 0 Å². The van der Waals surface area contributed by atoms with Crippen LogP contribution in [-0.4, -0.2) is 34.9 Å². The molecule has 0 aromatic heterocycles. The highest BCUT2D eigenvalue weighted by Crippen LogP contribution is 2.18. The molecule has 0 aliphatic rings. The van der Waals surface area contributed by atoms with Gasteiger partial charge in [-0.15, -0.1) is 0 Å². The normalized spacial score (nSPS) is 12.2. The molecule has 31 heavy (non-hydrogen) atoms. The average Bonchev–Trinajstić information content (AvgIpc) is 2.65. The van der Waals surface area contributed by atoms with Crippen LogP contribution in [0, 0.1) is 20.8 Å². The first-order chi connectivity index (χ1) is 14.5. The first-order valence-corrected chi connectivity index (χ1v) is 10.9. The molecule has 2 amide bonds. The van der Waals surface area contributed by atoms with Gasteiger partial charge in [-0.25, -0.2) is 0 Å². The smallest absolute Gasteiger partial charge is 0.261 e. The minimum absolute atomic E-state index is 0.117. The Labute approximate surface area is 186 Å². The first kappa shape index (κ1) is 24.4. The lowest BCUT2D eigenvalue weighted by atomic mass is 10.1. The maximum absolute atomic E-state index is 13.2. The Morgan fingerprint density at radius 1 is 0.968 bits per heavy atom. The van der Waals surface area contributed by atoms with E-state index in [0.717, 1.165) is 22.3 Å². The van der Waals surface area contributed by atoms with Gasteiger partial charge < -0.3 is 15.0 Å². The molecule has 0 heterocycles. The van der Waals surface area contributed by atoms with E-state index < -0.39 is 6.04 Å². The number of nitrogens with one attached hydrogen (secondary N) is 1. The summed E-state index contributed by atoms with van der Waals surface area (Å²) in [6, 6.07) is 13.3. The van der Waals surface area contributed by atoms with Gasteiger partial charge in [0.15, 0.2) is 6.61 Å². The fourth-order valence-electron chi connectivity index (χ4n) is 3.51. The summed E-state index contributed by atoms with van der Waals surface area (Å²) in [7, 11) is 0. The number of nitrogens with zero attached hydrogens (tertiary/aromatic N) is 1. The number of amides is 2. The molecule has 0 saturated heterocycles. The maximum Gasteiger partial charge on any atom is 0.261 e. The van der Waals surface area contributed by atoms with Crippen LogP contribution in [0.25, 0.3) is 0 Å². The number of carbonyl (C=O) groups is 2. The Morgan fingerprint density at radius 2 is 1.55 bits per heavy atom. The fourth-order valence-corrected chi connectivity index (χ4v) is 3.51. The Hall–Kier alpha value is -2.82. The van der Waals surface area contributed by atoms with Crippen molar-refractivity contribution in [3.63, 3.8) is 0 Å². The van der Waals surface area contributed by atoms with Gasteiger partial charge in [0.2, 0.25) is 5.91 Å². The van der Waals surface area contributed by atoms with E-state index in [-0.39, 0.29) is 24.0 Å². The highest BCUT2D eigenvalue weighted by molar-refractivity contribution is 5.88. The molecule has 168 valence electrons. The van der Waals surface area contributed by atoms with Gasteiger partial charge in [0, 0.05) is 12.1 Å². The summed E-state index contributed by atoms with van der Waals surface area (Å²) in [5, 5.41) is 3.02. The van der Waals surface area contributed by atoms with Crippen molar-refractivity contribution in [3.05, 3.63) is 64.7 Å². The SMILES string of the molecule is CC[C@H](C(=O)NC(C)(C)C)N(Cc1ccc(C)cc1)C(=O)COc1cc(C)cc(C)c1. The van der Waals surface area contributed by atoms with Crippen molar-refractivity contribution >= 4 is 11.8 Å². The van der Waals surface area contributed by atoms with Crippen LogP contribution in [-0.2, 0) is 16.1 Å². The molecule has 2 rings (SSSR count). The largest absolute Gasteiger partial charge is 0.484 e. The number of aryl methyl sites for hydroxylation is 3. The second kappa shape index (κ2) is 10.5. The van der Waals surface area contributed by atoms with Gasteiger partial charge in [-0.05, 0) is 76.8 Å². The summed E-state index contributed by atoms with van der Waals surface area (Å²) in [4.78, 5) is 27.9. The predicted octanol–water partition coefficient (Wildman–Crippen LogP) is 4.71. The predicted molar refractivity (Wildman–Crippen MR) is 125 cm³/mol. The number of hydrogen-bond acceptors (Lipinski definition) is 3. The van der Waals surface area contributed by atoms with E-state index in [9.17, 15) is 9.59 Å². The molecule has 0 aliphatic carbocycles. The van der Waals surface area contributed by atoms with Crippen LogP contribution in [0.1, 0.15) is 56.4 Å². The van der Waals surface area contributed by atoms with Crippen LogP contribution in [0.2, 0.25) is 0 Å². The van der Waals surface area contributed by atoms with Crippen molar-refractivity contribution in [2.75, 3.05) is 6.61 Å². The summed E-state index contributed by atoms with van der Waals surface area (Å²) >= 11 is 0. The lowest BCUT2D eigenvalue weighted by Gasteiger charge is -2.33. The molecule has 2 aromatic rings. The summed E-state index contributed by atoms with van der Waals surface area (Å²) in [5.41, 5.74) is 3.91. The van der Waals surface area contributed by atoms with Crippen molar-refractivity contribution in [3.8, 4) is 5.75 Å². The molecule has 2 aromatic carbocycles. The maximum atomic E-state index is 13.2. The lowest BCUT2D eigenvalue weighted by molar-refractivity contribution is -0.143. The zero-order chi connectivity index (χ0) is 23.2. The third-order valence-electron chi connectivity index (χ3n) is 4.92. The van der Waals surface area contributed by atoms with Gasteiger partial charge in [-0.3, -0.25) is 9.59 Å². The summed E-state index contributed by atoms with van der Waals surface area (Å²) in [6.45, 7) is 14.0. The van der Waals surface area contributed by atoms with E-state index in [1.807, 2.05) is 84.9 Å². The van der Waals surface area contributed by atoms with E-state index in [1.165, 1.54) is 0 Å². The van der Waals surface area contributed by atoms with Crippen LogP contribution in [0.4, 0.5) is 0 Å². The average molecular weight is 425 g/mol. The lowest BCUT2D eigenvalue weighted by Crippen LogP contribution is -2.54. The van der Waals surface area contributed by atoms with Crippen LogP contribution in [0.15, 0.2) is 42.5 Å². The first-order valence-electron chi connectivity index (χ1n) is 10.9. The number of carbonyl (C=O) groups excluding carboxylic acids is 2. The molecule has 1 atom stereocenters. The van der Waals surface area contributed by atoms with Crippen molar-refractivity contribution in [1.82, 2.24) is 10.2 Å². The number of ether oxygens (including phenoxy) is 1. The molecule has 0 aliphatic heterocycles. The Bertz CT molecular complexity index is 878. The van der Waals surface area contributed by atoms with Crippen LogP contribution in [0.5, 0.6) is 5.75 Å². The van der Waals surface area contributed by atoms with Crippen molar-refractivity contribution < 1.29 is 14.3 Å². The number of benzene rings is 2. The number of rotatable bonds is 8. The zero-order valence-electron chi connectivity index (χ0n) is 19.9. The van der Waals surface area contributed by atoms with Crippen molar-refractivity contribution in [2.45, 2.75) is 73.0 Å². The Kier molecular flexibility index (Phi) is 8.26. The van der Waals surface area contributed by atoms with Crippen LogP contribution in [0.3, 0.4) is 0 Å². The molecule has 5 nitrogen and oxygen atoms in total. The molecular weight excluding hydrogens is 388 g/mol. The Morgan fingerprint density at radius 3 is 2.06 bits per heavy atom. The highest BCUT2D eigenvalue weighted by Gasteiger charge is 2.30. The summed E-state index contributed by atoms with van der Waals surface area (Å²) < 4.78 is 5.82. The van der Waals surface area contributed by atoms with Gasteiger partial charge in [0.05, 0.1) is 0 Å². The van der Waals surface area contributed by atoms with Gasteiger partial charge in [-0.1, -0.05) is 42.8 Å². The van der Waals surface area contributed by atoms with Crippen LogP contribution >= 0.6 is 0 Å². The molecular formula is C26H36N2O3. The minimum atomic E-state index is -0.573. The van der Waals surface area contributed by atoms with E-state index in [4.69, 9.17) is 4.74 Å². The topological polar surface area (TPSA) is 58.6 Å². The second-order valence-electron chi connectivity index (χ2n) is 9.28. The molecule has 5 heteroatoms. The molecule has 0 bridgehead atoms. The minimum Gasteiger partial charge on any atom is -0.484 e. The van der Waals surface area contributed by atoms with E-state index in [1.54, 1.807) is 4.90 Å². The van der Waals surface area contributed by atoms with Crippen molar-refractivity contribution in [1.29, 1.82) is 0 Å². The quantitative estimate of drug-likeness (QED) is 0.667. The van der Waals surface area contributed by atoms with Gasteiger partial charge in [-0.2, -0.15) is 0 Å².